The lowest BCUT2D eigenvalue weighted by atomic mass is 10.0. The highest BCUT2D eigenvalue weighted by Crippen LogP contribution is 2.21. The van der Waals surface area contributed by atoms with Crippen LogP contribution in [0.1, 0.15) is 45.1 Å². The van der Waals surface area contributed by atoms with E-state index < -0.39 is 42.0 Å². The number of nitrogens with zero attached hydrogens (tertiary/aromatic N) is 2. The van der Waals surface area contributed by atoms with E-state index in [0.717, 1.165) is 16.5 Å². The van der Waals surface area contributed by atoms with Crippen LogP contribution in [0.4, 0.5) is 0 Å². The maximum atomic E-state index is 13.4. The summed E-state index contributed by atoms with van der Waals surface area (Å²) in [6, 6.07) is 3.64. The number of hydrogen-bond acceptors (Lipinski definition) is 6. The number of nitrogens with one attached hydrogen (secondary N) is 3. The van der Waals surface area contributed by atoms with Crippen LogP contribution < -0.4 is 27.8 Å². The average molecular weight is 557 g/mol. The fourth-order valence-electron chi connectivity index (χ4n) is 4.81. The van der Waals surface area contributed by atoms with Gasteiger partial charge < -0.3 is 42.8 Å². The molecule has 10 N–H and O–H groups in total. The second kappa shape index (κ2) is 13.8. The minimum absolute atomic E-state index is 0.0394. The average Bonchev–Trinajstić information content (AvgIpc) is 3.56. The predicted molar refractivity (Wildman–Crippen MR) is 151 cm³/mol. The molecule has 0 saturated carbocycles. The Kier molecular flexibility index (Phi) is 10.5. The molecule has 3 amide bonds. The first-order valence-corrected chi connectivity index (χ1v) is 13.5. The third-order valence-electron chi connectivity index (χ3n) is 7.13. The van der Waals surface area contributed by atoms with Crippen molar-refractivity contribution in [1.82, 2.24) is 20.5 Å². The largest absolute Gasteiger partial charge is 0.480 e. The van der Waals surface area contributed by atoms with Crippen LogP contribution in [0, 0.1) is 5.92 Å². The summed E-state index contributed by atoms with van der Waals surface area (Å²) < 4.78 is 0. The molecule has 2 aromatic rings. The maximum absolute atomic E-state index is 13.4. The fourth-order valence-corrected chi connectivity index (χ4v) is 4.81. The minimum Gasteiger partial charge on any atom is -0.480 e. The van der Waals surface area contributed by atoms with Crippen LogP contribution in [0.2, 0.25) is 0 Å². The molecule has 13 nitrogen and oxygen atoms in total. The van der Waals surface area contributed by atoms with Crippen LogP contribution in [0.5, 0.6) is 0 Å². The van der Waals surface area contributed by atoms with Gasteiger partial charge in [-0.2, -0.15) is 0 Å². The number of guanidine groups is 1. The molecule has 0 bridgehead atoms. The van der Waals surface area contributed by atoms with Gasteiger partial charge in [-0.15, -0.1) is 0 Å². The van der Waals surface area contributed by atoms with Gasteiger partial charge in [0.1, 0.15) is 18.1 Å². The molecule has 3 rings (SSSR count). The molecule has 4 unspecified atom stereocenters. The normalized spacial score (nSPS) is 17.3. The molecule has 0 spiro atoms. The summed E-state index contributed by atoms with van der Waals surface area (Å²) in [6.45, 7) is 4.28. The Bertz CT molecular complexity index is 1240. The number of aliphatic imine (C=N–C) groups is 1. The van der Waals surface area contributed by atoms with E-state index >= 15 is 0 Å². The molecule has 1 saturated heterocycles. The van der Waals surface area contributed by atoms with E-state index in [-0.39, 0.29) is 37.2 Å². The number of aliphatic carboxylic acids is 1. The Labute approximate surface area is 232 Å². The van der Waals surface area contributed by atoms with E-state index in [4.69, 9.17) is 17.2 Å². The summed E-state index contributed by atoms with van der Waals surface area (Å²) in [6.07, 6.45) is 3.32. The number of aromatic nitrogens is 1. The Morgan fingerprint density at radius 2 is 1.88 bits per heavy atom. The number of hydrogen-bond donors (Lipinski definition) is 7. The molecule has 0 aliphatic carbocycles. The maximum Gasteiger partial charge on any atom is 0.326 e. The summed E-state index contributed by atoms with van der Waals surface area (Å²) in [5.41, 5.74) is 18.4. The van der Waals surface area contributed by atoms with Gasteiger partial charge in [0.05, 0.1) is 6.04 Å². The number of H-pyrrole nitrogens is 1. The van der Waals surface area contributed by atoms with Gasteiger partial charge in [0, 0.05) is 36.6 Å². The molecule has 1 aliphatic rings. The van der Waals surface area contributed by atoms with E-state index in [2.05, 4.69) is 20.6 Å². The number of carboxylic acids is 1. The first-order chi connectivity index (χ1) is 19.0. The molecule has 1 fully saturated rings. The van der Waals surface area contributed by atoms with Gasteiger partial charge in [-0.1, -0.05) is 32.0 Å². The van der Waals surface area contributed by atoms with Crippen molar-refractivity contribution in [2.75, 3.05) is 13.1 Å². The summed E-state index contributed by atoms with van der Waals surface area (Å²) in [4.78, 5) is 60.2. The van der Waals surface area contributed by atoms with E-state index in [1.54, 1.807) is 6.20 Å². The van der Waals surface area contributed by atoms with E-state index in [0.29, 0.717) is 25.8 Å². The van der Waals surface area contributed by atoms with Gasteiger partial charge in [-0.3, -0.25) is 19.4 Å². The number of aromatic amines is 1. The molecule has 13 heteroatoms. The zero-order valence-corrected chi connectivity index (χ0v) is 22.9. The summed E-state index contributed by atoms with van der Waals surface area (Å²) in [7, 11) is 0. The van der Waals surface area contributed by atoms with Crippen molar-refractivity contribution < 1.29 is 24.3 Å². The van der Waals surface area contributed by atoms with Crippen LogP contribution in [0.3, 0.4) is 0 Å². The number of benzene rings is 1. The van der Waals surface area contributed by atoms with Crippen molar-refractivity contribution in [3.63, 3.8) is 0 Å². The lowest BCUT2D eigenvalue weighted by Crippen LogP contribution is -2.57. The molecule has 2 heterocycles. The van der Waals surface area contributed by atoms with Gasteiger partial charge in [0.25, 0.3) is 0 Å². The topological polar surface area (TPSA) is 222 Å². The third-order valence-corrected chi connectivity index (χ3v) is 7.13. The number of amides is 3. The molecule has 1 aliphatic heterocycles. The number of carbonyl (C=O) groups is 4. The second-order valence-corrected chi connectivity index (χ2v) is 10.4. The van der Waals surface area contributed by atoms with Gasteiger partial charge in [-0.25, -0.2) is 4.79 Å². The molecule has 218 valence electrons. The van der Waals surface area contributed by atoms with Crippen molar-refractivity contribution in [3.8, 4) is 0 Å². The Morgan fingerprint density at radius 1 is 1.15 bits per heavy atom. The van der Waals surface area contributed by atoms with Gasteiger partial charge in [-0.05, 0) is 43.2 Å². The van der Waals surface area contributed by atoms with E-state index in [1.807, 2.05) is 38.1 Å². The number of para-hydroxylation sites is 1. The Morgan fingerprint density at radius 3 is 2.55 bits per heavy atom. The standard InChI is InChI=1S/C27H40N8O5/c1-15(2)22(28)25(38)35-12-6-10-21(35)24(37)33-19(9-5-11-31-27(29)30)23(36)34-20(26(39)40)13-16-14-32-18-8-4-3-7-17(16)18/h3-4,7-8,14-15,19-22,32H,5-6,9-13,28H2,1-2H3,(H,33,37)(H,34,36)(H,39,40)(H4,29,30,31). The second-order valence-electron chi connectivity index (χ2n) is 10.4. The van der Waals surface area contributed by atoms with Crippen LogP contribution >= 0.6 is 0 Å². The first kappa shape index (κ1) is 30.4. The summed E-state index contributed by atoms with van der Waals surface area (Å²) in [5.74, 6) is -2.87. The zero-order chi connectivity index (χ0) is 29.4. The Balaban J connectivity index is 1.74. The van der Waals surface area contributed by atoms with Crippen molar-refractivity contribution in [2.24, 2.45) is 28.1 Å². The summed E-state index contributed by atoms with van der Waals surface area (Å²) >= 11 is 0. The molecule has 4 atom stereocenters. The number of rotatable bonds is 13. The minimum atomic E-state index is -1.24. The number of carboxylic acid groups (broad SMARTS) is 1. The van der Waals surface area contributed by atoms with Crippen LogP contribution in [-0.4, -0.2) is 81.9 Å². The zero-order valence-electron chi connectivity index (χ0n) is 22.9. The Hall–Kier alpha value is -4.13. The summed E-state index contributed by atoms with van der Waals surface area (Å²) in [5, 5.41) is 16.1. The third kappa shape index (κ3) is 7.72. The van der Waals surface area contributed by atoms with Gasteiger partial charge in [0.2, 0.25) is 17.7 Å². The molecule has 1 aromatic heterocycles. The van der Waals surface area contributed by atoms with Gasteiger partial charge in [0.15, 0.2) is 5.96 Å². The number of fused-ring (bicyclic) bond motifs is 1. The van der Waals surface area contributed by atoms with E-state index in [1.165, 1.54) is 4.90 Å². The molecule has 40 heavy (non-hydrogen) atoms. The first-order valence-electron chi connectivity index (χ1n) is 13.5. The van der Waals surface area contributed by atoms with Crippen molar-refractivity contribution in [3.05, 3.63) is 36.0 Å². The quantitative estimate of drug-likeness (QED) is 0.0991. The molecular formula is C27H40N8O5. The van der Waals surface area contributed by atoms with Crippen LogP contribution in [0.25, 0.3) is 10.9 Å². The monoisotopic (exact) mass is 556 g/mol. The van der Waals surface area contributed by atoms with Gasteiger partial charge >= 0.3 is 5.97 Å². The van der Waals surface area contributed by atoms with E-state index in [9.17, 15) is 24.3 Å². The van der Waals surface area contributed by atoms with Crippen molar-refractivity contribution >= 4 is 40.6 Å². The van der Waals surface area contributed by atoms with Crippen molar-refractivity contribution in [2.45, 2.75) is 70.1 Å². The fraction of sp³-hybridized carbons (Fsp3) is 0.519. The lowest BCUT2D eigenvalue weighted by Gasteiger charge is -2.29. The number of carbonyl (C=O) groups excluding carboxylic acids is 3. The highest BCUT2D eigenvalue weighted by molar-refractivity contribution is 5.94. The molecule has 1 aromatic carbocycles. The highest BCUT2D eigenvalue weighted by atomic mass is 16.4. The SMILES string of the molecule is CC(C)C(N)C(=O)N1CCCC1C(=O)NC(CCCN=C(N)N)C(=O)NC(Cc1c[nH]c2ccccc12)C(=O)O. The highest BCUT2D eigenvalue weighted by Gasteiger charge is 2.38. The number of nitrogens with two attached hydrogens (primary N) is 3. The predicted octanol–water partition coefficient (Wildman–Crippen LogP) is -0.207. The lowest BCUT2D eigenvalue weighted by molar-refractivity contribution is -0.143. The smallest absolute Gasteiger partial charge is 0.326 e. The number of likely N-dealkylation sites (tertiary alicyclic amines) is 1. The van der Waals surface area contributed by atoms with Crippen LogP contribution in [-0.2, 0) is 25.6 Å². The van der Waals surface area contributed by atoms with Crippen molar-refractivity contribution in [1.29, 1.82) is 0 Å². The molecular weight excluding hydrogens is 516 g/mol. The van der Waals surface area contributed by atoms with Crippen LogP contribution in [0.15, 0.2) is 35.5 Å². The molecule has 0 radical (unpaired) electrons.